The van der Waals surface area contributed by atoms with Crippen LogP contribution in [0.2, 0.25) is 0 Å². The Balaban J connectivity index is 1.40. The van der Waals surface area contributed by atoms with E-state index in [1.165, 1.54) is 11.1 Å². The number of benzene rings is 2. The molecule has 2 aromatic carbocycles. The fourth-order valence-electron chi connectivity index (χ4n) is 3.95. The number of carbonyl (C=O) groups is 2. The van der Waals surface area contributed by atoms with Gasteiger partial charge in [-0.05, 0) is 54.7 Å². The average Bonchev–Trinajstić information content (AvgIpc) is 3.24. The van der Waals surface area contributed by atoms with Crippen LogP contribution in [0.4, 0.5) is 5.69 Å². The zero-order valence-electron chi connectivity index (χ0n) is 13.7. The van der Waals surface area contributed by atoms with Gasteiger partial charge < -0.3 is 15.2 Å². The average molecular weight is 337 g/mol. The van der Waals surface area contributed by atoms with Gasteiger partial charge in [-0.3, -0.25) is 4.79 Å². The summed E-state index contributed by atoms with van der Waals surface area (Å²) in [6.07, 6.45) is 3.01. The summed E-state index contributed by atoms with van der Waals surface area (Å²) < 4.78 is 5.09. The summed E-state index contributed by atoms with van der Waals surface area (Å²) in [5.41, 5.74) is 3.44. The summed E-state index contributed by atoms with van der Waals surface area (Å²) in [6, 6.07) is 15.2. The number of carboxylic acids is 1. The quantitative estimate of drug-likeness (QED) is 0.879. The number of amides is 1. The molecular formula is C20H19NO4. The first kappa shape index (κ1) is 15.7. The van der Waals surface area contributed by atoms with Gasteiger partial charge in [0.15, 0.2) is 6.61 Å². The van der Waals surface area contributed by atoms with E-state index in [4.69, 9.17) is 9.84 Å². The first-order valence-electron chi connectivity index (χ1n) is 8.42. The molecule has 5 heteroatoms. The normalized spacial score (nSPS) is 23.1. The van der Waals surface area contributed by atoms with Gasteiger partial charge in [-0.25, -0.2) is 4.79 Å². The van der Waals surface area contributed by atoms with Crippen molar-refractivity contribution >= 4 is 17.6 Å². The number of aliphatic carboxylic acids is 1. The van der Waals surface area contributed by atoms with Gasteiger partial charge in [0.2, 0.25) is 5.91 Å². The third-order valence-corrected chi connectivity index (χ3v) is 5.27. The Morgan fingerprint density at radius 3 is 2.68 bits per heavy atom. The van der Waals surface area contributed by atoms with Gasteiger partial charge in [0.25, 0.3) is 0 Å². The molecule has 1 amide bonds. The van der Waals surface area contributed by atoms with Crippen molar-refractivity contribution < 1.29 is 19.4 Å². The van der Waals surface area contributed by atoms with E-state index in [1.54, 1.807) is 24.3 Å². The first-order chi connectivity index (χ1) is 12.1. The van der Waals surface area contributed by atoms with Crippen LogP contribution in [0.1, 0.15) is 24.0 Å². The fourth-order valence-corrected chi connectivity index (χ4v) is 3.95. The number of anilines is 1. The SMILES string of the molecule is O=C(O)COc1ccc(NC(=O)C2CC23CCc2ccccc23)cc1. The van der Waals surface area contributed by atoms with Crippen LogP contribution in [0.5, 0.6) is 5.75 Å². The van der Waals surface area contributed by atoms with Crippen LogP contribution in [-0.4, -0.2) is 23.6 Å². The van der Waals surface area contributed by atoms with Crippen molar-refractivity contribution in [1.29, 1.82) is 0 Å². The minimum Gasteiger partial charge on any atom is -0.482 e. The van der Waals surface area contributed by atoms with E-state index in [9.17, 15) is 9.59 Å². The van der Waals surface area contributed by atoms with Crippen molar-refractivity contribution in [3.63, 3.8) is 0 Å². The Labute approximate surface area is 145 Å². The van der Waals surface area contributed by atoms with Gasteiger partial charge in [-0.15, -0.1) is 0 Å². The molecule has 4 rings (SSSR count). The summed E-state index contributed by atoms with van der Waals surface area (Å²) in [7, 11) is 0. The number of fused-ring (bicyclic) bond motifs is 2. The minimum absolute atomic E-state index is 0.0269. The van der Waals surface area contributed by atoms with Gasteiger partial charge in [0.1, 0.15) is 5.75 Å². The maximum absolute atomic E-state index is 12.6. The van der Waals surface area contributed by atoms with E-state index < -0.39 is 5.97 Å². The third kappa shape index (κ3) is 2.86. The highest BCUT2D eigenvalue weighted by molar-refractivity contribution is 5.96. The minimum atomic E-state index is -1.02. The van der Waals surface area contributed by atoms with Crippen LogP contribution in [-0.2, 0) is 21.4 Å². The lowest BCUT2D eigenvalue weighted by atomic mass is 9.95. The summed E-state index contributed by atoms with van der Waals surface area (Å²) in [4.78, 5) is 23.1. The van der Waals surface area contributed by atoms with Crippen molar-refractivity contribution in [3.8, 4) is 5.75 Å². The smallest absolute Gasteiger partial charge is 0.341 e. The lowest BCUT2D eigenvalue weighted by molar-refractivity contribution is -0.139. The Morgan fingerprint density at radius 1 is 1.16 bits per heavy atom. The van der Waals surface area contributed by atoms with Crippen molar-refractivity contribution in [1.82, 2.24) is 0 Å². The number of hydrogen-bond acceptors (Lipinski definition) is 3. The van der Waals surface area contributed by atoms with Gasteiger partial charge in [-0.1, -0.05) is 24.3 Å². The third-order valence-electron chi connectivity index (χ3n) is 5.27. The topological polar surface area (TPSA) is 75.6 Å². The van der Waals surface area contributed by atoms with Crippen molar-refractivity contribution in [2.24, 2.45) is 5.92 Å². The Morgan fingerprint density at radius 2 is 1.92 bits per heavy atom. The number of hydrogen-bond donors (Lipinski definition) is 2. The van der Waals surface area contributed by atoms with Gasteiger partial charge in [-0.2, -0.15) is 0 Å². The molecule has 2 atom stereocenters. The standard InChI is InChI=1S/C20H19NO4/c22-18(23)12-25-15-7-5-14(6-8-15)21-19(24)17-11-20(17)10-9-13-3-1-2-4-16(13)20/h1-8,17H,9-12H2,(H,21,24)(H,22,23). The van der Waals surface area contributed by atoms with Crippen LogP contribution in [0.25, 0.3) is 0 Å². The zero-order chi connectivity index (χ0) is 17.4. The lowest BCUT2D eigenvalue weighted by Gasteiger charge is -2.12. The number of carbonyl (C=O) groups excluding carboxylic acids is 1. The molecular weight excluding hydrogens is 318 g/mol. The van der Waals surface area contributed by atoms with Crippen LogP contribution in [0, 0.1) is 5.92 Å². The van der Waals surface area contributed by atoms with Gasteiger partial charge >= 0.3 is 5.97 Å². The zero-order valence-corrected chi connectivity index (χ0v) is 13.7. The Bertz CT molecular complexity index is 830. The molecule has 128 valence electrons. The van der Waals surface area contributed by atoms with E-state index in [-0.39, 0.29) is 23.8 Å². The molecule has 25 heavy (non-hydrogen) atoms. The predicted molar refractivity (Wildman–Crippen MR) is 92.8 cm³/mol. The highest BCUT2D eigenvalue weighted by Gasteiger charge is 2.61. The number of rotatable bonds is 5. The number of aryl methyl sites for hydroxylation is 1. The van der Waals surface area contributed by atoms with E-state index >= 15 is 0 Å². The summed E-state index contributed by atoms with van der Waals surface area (Å²) in [5.74, 6) is -0.476. The molecule has 2 aliphatic carbocycles. The molecule has 2 unspecified atom stereocenters. The second kappa shape index (κ2) is 5.92. The monoisotopic (exact) mass is 337 g/mol. The summed E-state index contributed by atoms with van der Waals surface area (Å²) >= 11 is 0. The van der Waals surface area contributed by atoms with Crippen LogP contribution >= 0.6 is 0 Å². The van der Waals surface area contributed by atoms with Crippen molar-refractivity contribution in [2.75, 3.05) is 11.9 Å². The molecule has 2 aromatic rings. The summed E-state index contributed by atoms with van der Waals surface area (Å²) in [6.45, 7) is -0.379. The van der Waals surface area contributed by atoms with Crippen molar-refractivity contribution in [2.45, 2.75) is 24.7 Å². The molecule has 0 bridgehead atoms. The molecule has 1 saturated carbocycles. The van der Waals surface area contributed by atoms with Crippen LogP contribution in [0.15, 0.2) is 48.5 Å². The van der Waals surface area contributed by atoms with Crippen LogP contribution < -0.4 is 10.1 Å². The number of nitrogens with one attached hydrogen (secondary N) is 1. The highest BCUT2D eigenvalue weighted by Crippen LogP contribution is 2.61. The van der Waals surface area contributed by atoms with E-state index in [2.05, 4.69) is 29.6 Å². The predicted octanol–water partition coefficient (Wildman–Crippen LogP) is 2.99. The molecule has 2 N–H and O–H groups in total. The van der Waals surface area contributed by atoms with E-state index in [0.717, 1.165) is 19.3 Å². The Hall–Kier alpha value is -2.82. The molecule has 0 saturated heterocycles. The molecule has 0 radical (unpaired) electrons. The molecule has 0 aliphatic heterocycles. The molecule has 1 spiro atoms. The fraction of sp³-hybridized carbons (Fsp3) is 0.300. The second-order valence-electron chi connectivity index (χ2n) is 6.77. The first-order valence-corrected chi connectivity index (χ1v) is 8.42. The molecule has 2 aliphatic rings. The van der Waals surface area contributed by atoms with Gasteiger partial charge in [0, 0.05) is 17.0 Å². The maximum Gasteiger partial charge on any atom is 0.341 e. The maximum atomic E-state index is 12.6. The van der Waals surface area contributed by atoms with Crippen molar-refractivity contribution in [3.05, 3.63) is 59.7 Å². The largest absolute Gasteiger partial charge is 0.482 e. The number of ether oxygens (including phenoxy) is 1. The molecule has 5 nitrogen and oxygen atoms in total. The summed E-state index contributed by atoms with van der Waals surface area (Å²) in [5, 5.41) is 11.6. The molecule has 0 heterocycles. The van der Waals surface area contributed by atoms with E-state index in [1.807, 2.05) is 0 Å². The van der Waals surface area contributed by atoms with Crippen LogP contribution in [0.3, 0.4) is 0 Å². The highest BCUT2D eigenvalue weighted by atomic mass is 16.5. The lowest BCUT2D eigenvalue weighted by Crippen LogP contribution is -2.19. The molecule has 1 fully saturated rings. The van der Waals surface area contributed by atoms with Gasteiger partial charge in [0.05, 0.1) is 0 Å². The molecule has 0 aromatic heterocycles. The number of carboxylic acid groups (broad SMARTS) is 1. The van der Waals surface area contributed by atoms with E-state index in [0.29, 0.717) is 11.4 Å². The Kier molecular flexibility index (Phi) is 3.71. The second-order valence-corrected chi connectivity index (χ2v) is 6.77.